The second-order valence-corrected chi connectivity index (χ2v) is 9.91. The molecule has 148 valence electrons. The minimum absolute atomic E-state index is 0.253. The highest BCUT2D eigenvalue weighted by Crippen LogP contribution is 2.65. The molecule has 0 nitrogen and oxygen atoms in total. The van der Waals surface area contributed by atoms with Gasteiger partial charge in [-0.25, -0.2) is 0 Å². The summed E-state index contributed by atoms with van der Waals surface area (Å²) in [7, 11) is 0. The molecule has 0 fully saturated rings. The van der Waals surface area contributed by atoms with Crippen molar-refractivity contribution >= 4 is 65.7 Å². The summed E-state index contributed by atoms with van der Waals surface area (Å²) in [4.78, 5) is 1.76. The van der Waals surface area contributed by atoms with Crippen LogP contribution in [-0.4, -0.2) is 17.8 Å². The van der Waals surface area contributed by atoms with Crippen molar-refractivity contribution in [3.63, 3.8) is 0 Å². The van der Waals surface area contributed by atoms with Gasteiger partial charge in [-0.3, -0.25) is 0 Å². The number of rotatable bonds is 4. The van der Waals surface area contributed by atoms with Gasteiger partial charge in [-0.05, 0) is 37.1 Å². The number of alkyl halides is 8. The summed E-state index contributed by atoms with van der Waals surface area (Å²) in [5.74, 6) is -15.5. The lowest BCUT2D eigenvalue weighted by Gasteiger charge is -2.25. The normalized spacial score (nSPS) is 20.5. The van der Waals surface area contributed by atoms with Crippen molar-refractivity contribution in [2.75, 3.05) is 0 Å². The third kappa shape index (κ3) is 2.97. The molecule has 0 spiro atoms. The van der Waals surface area contributed by atoms with E-state index in [1.807, 2.05) is 0 Å². The highest BCUT2D eigenvalue weighted by Gasteiger charge is 2.80. The Bertz CT molecular complexity index is 854. The summed E-state index contributed by atoms with van der Waals surface area (Å²) in [6.45, 7) is 2.93. The Hall–Kier alpha value is -0.320. The fourth-order valence-corrected chi connectivity index (χ4v) is 5.95. The Balaban J connectivity index is 2.42. The van der Waals surface area contributed by atoms with Crippen LogP contribution in [0.3, 0.4) is 0 Å². The van der Waals surface area contributed by atoms with Gasteiger partial charge >= 0.3 is 17.8 Å². The molecule has 10 heteroatoms. The van der Waals surface area contributed by atoms with Crippen LogP contribution in [0.5, 0.6) is 0 Å². The summed E-state index contributed by atoms with van der Waals surface area (Å²) in [5, 5.41) is 0.620. The molecule has 2 heterocycles. The molecule has 0 aromatic carbocycles. The molecule has 27 heavy (non-hydrogen) atoms. The molecule has 0 saturated carbocycles. The van der Waals surface area contributed by atoms with Crippen LogP contribution in [-0.2, 0) is 10.7 Å². The zero-order valence-electron chi connectivity index (χ0n) is 13.9. The highest BCUT2D eigenvalue weighted by molar-refractivity contribution is 9.08. The van der Waals surface area contributed by atoms with Gasteiger partial charge < -0.3 is 0 Å². The SMILES string of the molecule is Cc1sc(CBr)cc1C1=C(c2cc(CBr)sc2C)C(F)(F)C(F)(F)C1(F)F. The van der Waals surface area contributed by atoms with Gasteiger partial charge in [0.05, 0.1) is 0 Å². The van der Waals surface area contributed by atoms with E-state index in [-0.39, 0.29) is 11.1 Å². The molecular weight excluding hydrogens is 542 g/mol. The van der Waals surface area contributed by atoms with E-state index in [2.05, 4.69) is 31.9 Å². The van der Waals surface area contributed by atoms with Crippen molar-refractivity contribution in [1.82, 2.24) is 0 Å². The van der Waals surface area contributed by atoms with Crippen LogP contribution in [0.1, 0.15) is 30.6 Å². The standard InChI is InChI=1S/C17H12Br2F6S2/c1-7-11(3-9(5-18)26-7)13-14(12-4-10(6-19)27-8(12)2)16(22,23)17(24,25)15(13,20)21/h3-4H,5-6H2,1-2H3. The predicted molar refractivity (Wildman–Crippen MR) is 105 cm³/mol. The molecule has 0 N–H and O–H groups in total. The third-order valence-electron chi connectivity index (χ3n) is 4.41. The molecule has 0 amide bonds. The van der Waals surface area contributed by atoms with E-state index in [0.29, 0.717) is 30.2 Å². The van der Waals surface area contributed by atoms with Gasteiger partial charge in [0.25, 0.3) is 0 Å². The van der Waals surface area contributed by atoms with Crippen LogP contribution >= 0.6 is 54.5 Å². The van der Waals surface area contributed by atoms with Crippen LogP contribution in [0, 0.1) is 13.8 Å². The van der Waals surface area contributed by atoms with Crippen molar-refractivity contribution < 1.29 is 26.3 Å². The quantitative estimate of drug-likeness (QED) is 0.265. The fourth-order valence-electron chi connectivity index (χ4n) is 3.15. The molecule has 0 unspecified atom stereocenters. The minimum atomic E-state index is -5.52. The average molecular weight is 554 g/mol. The van der Waals surface area contributed by atoms with Crippen molar-refractivity contribution in [2.24, 2.45) is 0 Å². The fraction of sp³-hybridized carbons (Fsp3) is 0.412. The zero-order valence-corrected chi connectivity index (χ0v) is 18.7. The van der Waals surface area contributed by atoms with Crippen LogP contribution in [0.15, 0.2) is 12.1 Å². The van der Waals surface area contributed by atoms with Crippen LogP contribution in [0.25, 0.3) is 11.1 Å². The first-order valence-corrected chi connectivity index (χ1v) is 11.5. The van der Waals surface area contributed by atoms with Gasteiger partial charge in [0.2, 0.25) is 0 Å². The van der Waals surface area contributed by atoms with Gasteiger partial charge in [-0.1, -0.05) is 31.9 Å². The molecule has 0 radical (unpaired) electrons. The number of aryl methyl sites for hydroxylation is 2. The monoisotopic (exact) mass is 552 g/mol. The molecule has 1 aliphatic carbocycles. The lowest BCUT2D eigenvalue weighted by molar-refractivity contribution is -0.254. The number of allylic oxidation sites excluding steroid dienone is 2. The smallest absolute Gasteiger partial charge is 0.194 e. The molecule has 1 aliphatic rings. The van der Waals surface area contributed by atoms with E-state index in [1.165, 1.54) is 26.0 Å². The Kier molecular flexibility index (Phi) is 5.45. The maximum Gasteiger partial charge on any atom is 0.380 e. The molecule has 0 aliphatic heterocycles. The number of halogens is 8. The summed E-state index contributed by atoms with van der Waals surface area (Å²) >= 11 is 8.57. The van der Waals surface area contributed by atoms with Crippen molar-refractivity contribution in [1.29, 1.82) is 0 Å². The Labute approximate surface area is 176 Å². The molecule has 0 saturated heterocycles. The maximum absolute atomic E-state index is 14.7. The Morgan fingerprint density at radius 2 is 1.07 bits per heavy atom. The Morgan fingerprint density at radius 1 is 0.741 bits per heavy atom. The van der Waals surface area contributed by atoms with E-state index in [0.717, 1.165) is 22.7 Å². The topological polar surface area (TPSA) is 0 Å². The van der Waals surface area contributed by atoms with Crippen LogP contribution in [0.2, 0.25) is 0 Å². The average Bonchev–Trinajstić information content (AvgIpc) is 3.16. The van der Waals surface area contributed by atoms with Gasteiger partial charge in [0.1, 0.15) is 0 Å². The molecule has 2 aromatic heterocycles. The van der Waals surface area contributed by atoms with E-state index in [9.17, 15) is 26.3 Å². The lowest BCUT2D eigenvalue weighted by atomic mass is 9.95. The van der Waals surface area contributed by atoms with Gasteiger partial charge in [0.15, 0.2) is 0 Å². The maximum atomic E-state index is 14.7. The van der Waals surface area contributed by atoms with Crippen molar-refractivity contribution in [2.45, 2.75) is 42.3 Å². The zero-order chi connectivity index (χ0) is 20.4. The number of hydrogen-bond donors (Lipinski definition) is 0. The summed E-state index contributed by atoms with van der Waals surface area (Å²) in [6, 6.07) is 2.56. The van der Waals surface area contributed by atoms with Gasteiger partial charge in [0, 0.05) is 41.3 Å². The molecule has 3 rings (SSSR count). The van der Waals surface area contributed by atoms with E-state index in [1.54, 1.807) is 0 Å². The van der Waals surface area contributed by atoms with E-state index in [4.69, 9.17) is 0 Å². The van der Waals surface area contributed by atoms with Crippen LogP contribution < -0.4 is 0 Å². The molecule has 2 aromatic rings. The minimum Gasteiger partial charge on any atom is -0.194 e. The van der Waals surface area contributed by atoms with Gasteiger partial charge in [-0.15, -0.1) is 22.7 Å². The van der Waals surface area contributed by atoms with Crippen molar-refractivity contribution in [3.8, 4) is 0 Å². The second-order valence-electron chi connectivity index (χ2n) is 6.11. The lowest BCUT2D eigenvalue weighted by Crippen LogP contribution is -2.48. The highest BCUT2D eigenvalue weighted by atomic mass is 79.9. The summed E-state index contributed by atoms with van der Waals surface area (Å²) in [5.41, 5.74) is -3.06. The van der Waals surface area contributed by atoms with E-state index < -0.39 is 28.9 Å². The van der Waals surface area contributed by atoms with E-state index >= 15 is 0 Å². The predicted octanol–water partition coefficient (Wildman–Crippen LogP) is 8.05. The largest absolute Gasteiger partial charge is 0.380 e. The van der Waals surface area contributed by atoms with Crippen LogP contribution in [0.4, 0.5) is 26.3 Å². The summed E-state index contributed by atoms with van der Waals surface area (Å²) < 4.78 is 87.4. The summed E-state index contributed by atoms with van der Waals surface area (Å²) in [6.07, 6.45) is 0. The second kappa shape index (κ2) is 6.88. The first-order valence-electron chi connectivity index (χ1n) is 7.60. The first-order chi connectivity index (χ1) is 12.4. The first kappa shape index (κ1) is 21.4. The molecular formula is C17H12Br2F6S2. The molecule has 0 atom stereocenters. The number of thiophene rings is 2. The molecule has 0 bridgehead atoms. The number of hydrogen-bond acceptors (Lipinski definition) is 2. The Morgan fingerprint density at radius 3 is 1.33 bits per heavy atom. The third-order valence-corrected chi connectivity index (χ3v) is 8.46. The van der Waals surface area contributed by atoms with Gasteiger partial charge in [-0.2, -0.15) is 26.3 Å². The van der Waals surface area contributed by atoms with Crippen molar-refractivity contribution in [3.05, 3.63) is 42.8 Å².